The number of terminal acetylenes is 1. The summed E-state index contributed by atoms with van der Waals surface area (Å²) < 4.78 is 0. The van der Waals surface area contributed by atoms with E-state index in [9.17, 15) is 4.79 Å². The van der Waals surface area contributed by atoms with Crippen molar-refractivity contribution in [3.8, 4) is 12.3 Å². The molecule has 3 atom stereocenters. The largest absolute Gasteiger partial charge is 0.303 e. The Kier molecular flexibility index (Phi) is 1.72. The van der Waals surface area contributed by atoms with Gasteiger partial charge >= 0.3 is 0 Å². The molecular formula is C11H14O. The molecule has 0 spiro atoms. The minimum absolute atomic E-state index is 0.113. The van der Waals surface area contributed by atoms with Crippen LogP contribution in [0, 0.1) is 29.6 Å². The van der Waals surface area contributed by atoms with Crippen molar-refractivity contribution in [1.82, 2.24) is 0 Å². The van der Waals surface area contributed by atoms with Gasteiger partial charge in [0.2, 0.25) is 0 Å². The molecule has 3 unspecified atom stereocenters. The summed E-state index contributed by atoms with van der Waals surface area (Å²) in [5.41, 5.74) is -0.113. The molecule has 0 aromatic heterocycles. The third-order valence-corrected chi connectivity index (χ3v) is 3.69. The lowest BCUT2D eigenvalue weighted by atomic mass is 9.72. The molecule has 0 aromatic rings. The van der Waals surface area contributed by atoms with E-state index in [0.717, 1.165) is 18.6 Å². The van der Waals surface area contributed by atoms with Crippen LogP contribution in [0.25, 0.3) is 0 Å². The number of carbonyl (C=O) groups excluding carboxylic acids is 1. The summed E-state index contributed by atoms with van der Waals surface area (Å²) in [4.78, 5) is 11.0. The van der Waals surface area contributed by atoms with Crippen molar-refractivity contribution >= 4 is 6.29 Å². The third-order valence-electron chi connectivity index (χ3n) is 3.69. The highest BCUT2D eigenvalue weighted by Crippen LogP contribution is 2.56. The standard InChI is InChI=1S/C11H14O/c1-2-5-11(8-12)7-9-3-4-10(11)6-9/h1,8-10H,3-7H2. The molecule has 12 heavy (non-hydrogen) atoms. The zero-order chi connectivity index (χ0) is 8.60. The second kappa shape index (κ2) is 2.62. The maximum atomic E-state index is 11.0. The molecule has 1 heteroatoms. The van der Waals surface area contributed by atoms with Crippen molar-refractivity contribution in [3.63, 3.8) is 0 Å². The lowest BCUT2D eigenvalue weighted by molar-refractivity contribution is -0.118. The molecule has 0 radical (unpaired) electrons. The monoisotopic (exact) mass is 162 g/mol. The molecule has 0 saturated heterocycles. The fourth-order valence-corrected chi connectivity index (χ4v) is 3.08. The van der Waals surface area contributed by atoms with Crippen molar-refractivity contribution in [3.05, 3.63) is 0 Å². The summed E-state index contributed by atoms with van der Waals surface area (Å²) in [6.45, 7) is 0. The quantitative estimate of drug-likeness (QED) is 0.448. The highest BCUT2D eigenvalue weighted by atomic mass is 16.1. The van der Waals surface area contributed by atoms with E-state index in [1.807, 2.05) is 0 Å². The fraction of sp³-hybridized carbons (Fsp3) is 0.727. The maximum Gasteiger partial charge on any atom is 0.127 e. The zero-order valence-electron chi connectivity index (χ0n) is 7.25. The third kappa shape index (κ3) is 0.909. The average Bonchev–Trinajstić information content (AvgIpc) is 2.64. The average molecular weight is 162 g/mol. The summed E-state index contributed by atoms with van der Waals surface area (Å²) in [6.07, 6.45) is 12.0. The number of hydrogen-bond donors (Lipinski definition) is 0. The normalized spacial score (nSPS) is 44.2. The van der Waals surface area contributed by atoms with Gasteiger partial charge in [-0.3, -0.25) is 0 Å². The number of fused-ring (bicyclic) bond motifs is 2. The lowest BCUT2D eigenvalue weighted by Crippen LogP contribution is -2.28. The topological polar surface area (TPSA) is 17.1 Å². The Morgan fingerprint density at radius 2 is 2.42 bits per heavy atom. The van der Waals surface area contributed by atoms with E-state index in [2.05, 4.69) is 5.92 Å². The van der Waals surface area contributed by atoms with Crippen LogP contribution in [0.2, 0.25) is 0 Å². The molecule has 2 rings (SSSR count). The predicted octanol–water partition coefficient (Wildman–Crippen LogP) is 2.02. The van der Waals surface area contributed by atoms with Gasteiger partial charge in [0.05, 0.1) is 0 Å². The molecule has 64 valence electrons. The number of rotatable bonds is 2. The summed E-state index contributed by atoms with van der Waals surface area (Å²) in [6, 6.07) is 0. The van der Waals surface area contributed by atoms with Crippen LogP contribution in [0.4, 0.5) is 0 Å². The van der Waals surface area contributed by atoms with Crippen molar-refractivity contribution in [2.75, 3.05) is 0 Å². The Morgan fingerprint density at radius 1 is 1.58 bits per heavy atom. The Bertz CT molecular complexity index is 238. The first-order chi connectivity index (χ1) is 5.80. The SMILES string of the molecule is C#CCC1(C=O)CC2CCC1C2. The molecule has 2 aliphatic carbocycles. The second-order valence-corrected chi connectivity index (χ2v) is 4.31. The van der Waals surface area contributed by atoms with Gasteiger partial charge in [0.25, 0.3) is 0 Å². The van der Waals surface area contributed by atoms with Gasteiger partial charge in [-0.25, -0.2) is 0 Å². The summed E-state index contributed by atoms with van der Waals surface area (Å²) in [5.74, 6) is 4.06. The molecule has 0 heterocycles. The van der Waals surface area contributed by atoms with E-state index in [-0.39, 0.29) is 5.41 Å². The van der Waals surface area contributed by atoms with Crippen molar-refractivity contribution in [2.24, 2.45) is 17.3 Å². The molecule has 0 N–H and O–H groups in total. The van der Waals surface area contributed by atoms with Crippen LogP contribution < -0.4 is 0 Å². The number of hydrogen-bond acceptors (Lipinski definition) is 1. The lowest BCUT2D eigenvalue weighted by Gasteiger charge is -2.30. The minimum atomic E-state index is -0.113. The summed E-state index contributed by atoms with van der Waals surface area (Å²) in [5, 5.41) is 0. The van der Waals surface area contributed by atoms with Crippen LogP contribution in [0.1, 0.15) is 32.1 Å². The molecule has 2 bridgehead atoms. The van der Waals surface area contributed by atoms with Crippen LogP contribution in [0.3, 0.4) is 0 Å². The van der Waals surface area contributed by atoms with Crippen molar-refractivity contribution in [1.29, 1.82) is 0 Å². The molecule has 0 amide bonds. The maximum absolute atomic E-state index is 11.0. The molecule has 2 saturated carbocycles. The van der Waals surface area contributed by atoms with Gasteiger partial charge in [0.1, 0.15) is 6.29 Å². The van der Waals surface area contributed by atoms with Gasteiger partial charge in [-0.05, 0) is 31.1 Å². The Hall–Kier alpha value is -0.770. The second-order valence-electron chi connectivity index (χ2n) is 4.31. The predicted molar refractivity (Wildman–Crippen MR) is 47.4 cm³/mol. The highest BCUT2D eigenvalue weighted by Gasteiger charge is 2.50. The Labute approximate surface area is 73.5 Å². The van der Waals surface area contributed by atoms with Gasteiger partial charge in [-0.2, -0.15) is 0 Å². The highest BCUT2D eigenvalue weighted by molar-refractivity contribution is 5.62. The first-order valence-corrected chi connectivity index (χ1v) is 4.70. The molecule has 2 aliphatic rings. The van der Waals surface area contributed by atoms with Crippen molar-refractivity contribution < 1.29 is 4.79 Å². The van der Waals surface area contributed by atoms with Gasteiger partial charge in [-0.15, -0.1) is 12.3 Å². The molecule has 2 fully saturated rings. The van der Waals surface area contributed by atoms with Crippen LogP contribution in [-0.4, -0.2) is 6.29 Å². The summed E-state index contributed by atoms with van der Waals surface area (Å²) >= 11 is 0. The fourth-order valence-electron chi connectivity index (χ4n) is 3.08. The van der Waals surface area contributed by atoms with Gasteiger partial charge in [0.15, 0.2) is 0 Å². The van der Waals surface area contributed by atoms with E-state index in [4.69, 9.17) is 6.42 Å². The minimum Gasteiger partial charge on any atom is -0.303 e. The Morgan fingerprint density at radius 3 is 2.83 bits per heavy atom. The van der Waals surface area contributed by atoms with Crippen LogP contribution in [0.15, 0.2) is 0 Å². The number of carbonyl (C=O) groups is 1. The van der Waals surface area contributed by atoms with E-state index < -0.39 is 0 Å². The molecule has 0 aromatic carbocycles. The van der Waals surface area contributed by atoms with E-state index in [0.29, 0.717) is 12.3 Å². The van der Waals surface area contributed by atoms with Crippen LogP contribution >= 0.6 is 0 Å². The molecule has 0 aliphatic heterocycles. The van der Waals surface area contributed by atoms with Gasteiger partial charge in [-0.1, -0.05) is 6.42 Å². The van der Waals surface area contributed by atoms with Crippen LogP contribution in [-0.2, 0) is 4.79 Å². The first kappa shape index (κ1) is 7.86. The van der Waals surface area contributed by atoms with Crippen LogP contribution in [0.5, 0.6) is 0 Å². The zero-order valence-corrected chi connectivity index (χ0v) is 7.25. The van der Waals surface area contributed by atoms with Gasteiger partial charge < -0.3 is 4.79 Å². The Balaban J connectivity index is 2.20. The van der Waals surface area contributed by atoms with Crippen molar-refractivity contribution in [2.45, 2.75) is 32.1 Å². The van der Waals surface area contributed by atoms with E-state index >= 15 is 0 Å². The number of aldehydes is 1. The molecular weight excluding hydrogens is 148 g/mol. The smallest absolute Gasteiger partial charge is 0.127 e. The molecule has 1 nitrogen and oxygen atoms in total. The van der Waals surface area contributed by atoms with E-state index in [1.165, 1.54) is 19.3 Å². The summed E-state index contributed by atoms with van der Waals surface area (Å²) in [7, 11) is 0. The van der Waals surface area contributed by atoms with E-state index in [1.54, 1.807) is 0 Å². The van der Waals surface area contributed by atoms with Gasteiger partial charge in [0, 0.05) is 11.8 Å². The first-order valence-electron chi connectivity index (χ1n) is 4.70.